The zero-order chi connectivity index (χ0) is 13.9. The largest absolute Gasteiger partial charge is 0.461 e. The number of hydrogen-bond acceptors (Lipinski definition) is 3. The highest BCUT2D eigenvalue weighted by molar-refractivity contribution is 5.85. The van der Waals surface area contributed by atoms with E-state index in [-0.39, 0.29) is 12.4 Å². The number of ether oxygens (including phenoxy) is 1. The van der Waals surface area contributed by atoms with Crippen molar-refractivity contribution in [3.63, 3.8) is 0 Å². The molecule has 0 aliphatic heterocycles. The average Bonchev–Trinajstić information content (AvgIpc) is 2.28. The zero-order valence-electron chi connectivity index (χ0n) is 9.89. The van der Waals surface area contributed by atoms with Crippen LogP contribution in [0.2, 0.25) is 0 Å². The quantitative estimate of drug-likeness (QED) is 0.822. The monoisotopic (exact) mass is 303 g/mol. The predicted molar refractivity (Wildman–Crippen MR) is 63.9 cm³/mol. The van der Waals surface area contributed by atoms with Gasteiger partial charge in [-0.15, -0.1) is 12.4 Å². The fourth-order valence-corrected chi connectivity index (χ4v) is 1.24. The van der Waals surface area contributed by atoms with Gasteiger partial charge in [-0.05, 0) is 24.6 Å². The third-order valence-corrected chi connectivity index (χ3v) is 2.29. The van der Waals surface area contributed by atoms with Gasteiger partial charge in [0, 0.05) is 0 Å². The molecule has 3 N–H and O–H groups in total. The normalized spacial score (nSPS) is 14.7. The molecule has 3 nitrogen and oxygen atoms in total. The number of nitrogens with two attached hydrogens (primary N) is 1. The molecule has 19 heavy (non-hydrogen) atoms. The van der Waals surface area contributed by atoms with Gasteiger partial charge in [0.15, 0.2) is 0 Å². The average molecular weight is 304 g/mol. The third kappa shape index (κ3) is 4.85. The summed E-state index contributed by atoms with van der Waals surface area (Å²) in [7, 11) is 0. The van der Waals surface area contributed by atoms with Crippen LogP contribution in [0.3, 0.4) is 0 Å². The number of alkyl halides is 4. The lowest BCUT2D eigenvalue weighted by molar-refractivity contribution is -0.253. The second-order valence-corrected chi connectivity index (χ2v) is 3.80. The summed E-state index contributed by atoms with van der Waals surface area (Å²) in [4.78, 5) is 0. The summed E-state index contributed by atoms with van der Waals surface area (Å²) < 4.78 is 52.8. The molecule has 110 valence electrons. The summed E-state index contributed by atoms with van der Waals surface area (Å²) in [6, 6.07) is 4.15. The van der Waals surface area contributed by atoms with E-state index in [1.807, 2.05) is 0 Å². The second-order valence-electron chi connectivity index (χ2n) is 3.80. The number of benzene rings is 1. The molecule has 0 spiro atoms. The molecule has 0 unspecified atom stereocenters. The maximum atomic E-state index is 12.6. The Morgan fingerprint density at radius 3 is 2.05 bits per heavy atom. The molecule has 0 aromatic heterocycles. The van der Waals surface area contributed by atoms with E-state index >= 15 is 0 Å². The smallest absolute Gasteiger partial charge is 0.428 e. The van der Waals surface area contributed by atoms with Gasteiger partial charge in [0.2, 0.25) is 0 Å². The molecule has 1 rings (SSSR count). The van der Waals surface area contributed by atoms with E-state index in [0.29, 0.717) is 5.56 Å². The van der Waals surface area contributed by atoms with Gasteiger partial charge < -0.3 is 15.6 Å². The topological polar surface area (TPSA) is 55.5 Å². The first-order chi connectivity index (χ1) is 8.24. The van der Waals surface area contributed by atoms with Crippen LogP contribution in [0.4, 0.5) is 17.6 Å². The van der Waals surface area contributed by atoms with Crippen LogP contribution >= 0.6 is 12.4 Å². The van der Waals surface area contributed by atoms with Crippen LogP contribution in [0.1, 0.15) is 18.5 Å². The zero-order valence-corrected chi connectivity index (χ0v) is 10.7. The standard InChI is InChI=1S/C11H13F4NO2.ClH/c1-6(17)9(16)7-2-4-8(5-3-7)18-11(14,15)10(12)13;/h2-6,9-10,17H,16H2,1H3;1H/t6-,9-;/m0./s1. The molecule has 1 aromatic rings. The van der Waals surface area contributed by atoms with Gasteiger partial charge in [-0.1, -0.05) is 12.1 Å². The summed E-state index contributed by atoms with van der Waals surface area (Å²) in [6.45, 7) is 1.47. The van der Waals surface area contributed by atoms with Crippen LogP contribution < -0.4 is 10.5 Å². The van der Waals surface area contributed by atoms with Gasteiger partial charge in [-0.3, -0.25) is 0 Å². The first-order valence-electron chi connectivity index (χ1n) is 5.12. The lowest BCUT2D eigenvalue weighted by Gasteiger charge is -2.18. The summed E-state index contributed by atoms with van der Waals surface area (Å²) in [5.41, 5.74) is 6.09. The molecule has 2 atom stereocenters. The Kier molecular flexibility index (Phi) is 6.54. The van der Waals surface area contributed by atoms with Crippen molar-refractivity contribution in [3.05, 3.63) is 29.8 Å². The van der Waals surface area contributed by atoms with E-state index in [0.717, 1.165) is 12.1 Å². The van der Waals surface area contributed by atoms with E-state index in [4.69, 9.17) is 5.73 Å². The molecule has 0 saturated carbocycles. The Bertz CT molecular complexity index is 387. The number of aliphatic hydroxyl groups is 1. The van der Waals surface area contributed by atoms with Crippen molar-refractivity contribution in [2.45, 2.75) is 31.6 Å². The van der Waals surface area contributed by atoms with E-state index < -0.39 is 30.4 Å². The molecule has 0 bridgehead atoms. The summed E-state index contributed by atoms with van der Waals surface area (Å²) in [5, 5.41) is 9.23. The van der Waals surface area contributed by atoms with Gasteiger partial charge in [-0.25, -0.2) is 0 Å². The van der Waals surface area contributed by atoms with Crippen LogP contribution in [0.5, 0.6) is 5.75 Å². The lowest BCUT2D eigenvalue weighted by atomic mass is 10.0. The Balaban J connectivity index is 0.00000324. The van der Waals surface area contributed by atoms with E-state index in [1.54, 1.807) is 0 Å². The highest BCUT2D eigenvalue weighted by Crippen LogP contribution is 2.28. The van der Waals surface area contributed by atoms with Crippen LogP contribution in [0.25, 0.3) is 0 Å². The van der Waals surface area contributed by atoms with Crippen LogP contribution in [-0.2, 0) is 0 Å². The molecule has 0 radical (unpaired) electrons. The first kappa shape index (κ1) is 17.9. The molecule has 0 fully saturated rings. The third-order valence-electron chi connectivity index (χ3n) is 2.29. The van der Waals surface area contributed by atoms with Gasteiger partial charge in [0.1, 0.15) is 5.75 Å². The van der Waals surface area contributed by atoms with Crippen molar-refractivity contribution >= 4 is 12.4 Å². The SMILES string of the molecule is C[C@H](O)[C@H](N)c1ccc(OC(F)(F)C(F)F)cc1.Cl. The molecular formula is C11H14ClF4NO2. The van der Waals surface area contributed by atoms with Crippen molar-refractivity contribution in [2.24, 2.45) is 5.73 Å². The van der Waals surface area contributed by atoms with Crippen molar-refractivity contribution in [1.82, 2.24) is 0 Å². The first-order valence-corrected chi connectivity index (χ1v) is 5.12. The molecule has 0 heterocycles. The number of rotatable bonds is 5. The molecule has 8 heteroatoms. The van der Waals surface area contributed by atoms with Crippen molar-refractivity contribution < 1.29 is 27.4 Å². The minimum atomic E-state index is -4.53. The van der Waals surface area contributed by atoms with Crippen molar-refractivity contribution in [2.75, 3.05) is 0 Å². The number of aliphatic hydroxyl groups excluding tert-OH is 1. The Labute approximate surface area is 113 Å². The fourth-order valence-electron chi connectivity index (χ4n) is 1.24. The molecule has 0 aliphatic carbocycles. The van der Waals surface area contributed by atoms with Crippen LogP contribution in [0, 0.1) is 0 Å². The number of halogens is 5. The molecule has 1 aromatic carbocycles. The summed E-state index contributed by atoms with van der Waals surface area (Å²) in [6.07, 6.45) is -9.26. The van der Waals surface area contributed by atoms with Gasteiger partial charge in [0.25, 0.3) is 0 Å². The highest BCUT2D eigenvalue weighted by atomic mass is 35.5. The van der Waals surface area contributed by atoms with Gasteiger partial charge in [0.05, 0.1) is 12.1 Å². The van der Waals surface area contributed by atoms with Crippen molar-refractivity contribution in [1.29, 1.82) is 0 Å². The lowest BCUT2D eigenvalue weighted by Crippen LogP contribution is -2.33. The molecular weight excluding hydrogens is 290 g/mol. The molecule has 0 saturated heterocycles. The summed E-state index contributed by atoms with van der Waals surface area (Å²) in [5.74, 6) is -0.401. The van der Waals surface area contributed by atoms with Gasteiger partial charge in [-0.2, -0.15) is 17.6 Å². The minimum absolute atomic E-state index is 0. The number of hydrogen-bond donors (Lipinski definition) is 2. The van der Waals surface area contributed by atoms with Gasteiger partial charge >= 0.3 is 12.5 Å². The van der Waals surface area contributed by atoms with E-state index in [2.05, 4.69) is 4.74 Å². The highest BCUT2D eigenvalue weighted by Gasteiger charge is 2.43. The Morgan fingerprint density at radius 2 is 1.68 bits per heavy atom. The maximum absolute atomic E-state index is 12.6. The molecule has 0 aliphatic rings. The van der Waals surface area contributed by atoms with E-state index in [9.17, 15) is 22.7 Å². The minimum Gasteiger partial charge on any atom is -0.428 e. The molecule has 0 amide bonds. The van der Waals surface area contributed by atoms with Crippen LogP contribution in [-0.4, -0.2) is 23.7 Å². The Morgan fingerprint density at radius 1 is 1.21 bits per heavy atom. The van der Waals surface area contributed by atoms with Crippen LogP contribution in [0.15, 0.2) is 24.3 Å². The fraction of sp³-hybridized carbons (Fsp3) is 0.455. The van der Waals surface area contributed by atoms with Crippen molar-refractivity contribution in [3.8, 4) is 5.75 Å². The summed E-state index contributed by atoms with van der Waals surface area (Å²) >= 11 is 0. The van der Waals surface area contributed by atoms with E-state index in [1.165, 1.54) is 19.1 Å². The predicted octanol–water partition coefficient (Wildman–Crippen LogP) is 2.73. The Hall–Kier alpha value is -1.05. The second kappa shape index (κ2) is 6.93. The maximum Gasteiger partial charge on any atom is 0.461 e.